The Morgan fingerprint density at radius 1 is 1.29 bits per heavy atom. The van der Waals surface area contributed by atoms with Crippen LogP contribution in [0.25, 0.3) is 10.9 Å². The van der Waals surface area contributed by atoms with E-state index in [0.717, 1.165) is 16.6 Å². The van der Waals surface area contributed by atoms with Gasteiger partial charge in [-0.1, -0.05) is 0 Å². The smallest absolute Gasteiger partial charge is 0.123 e. The first-order valence-corrected chi connectivity index (χ1v) is 6.00. The summed E-state index contributed by atoms with van der Waals surface area (Å²) < 4.78 is 20.8. The van der Waals surface area contributed by atoms with Gasteiger partial charge < -0.3 is 9.30 Å². The summed E-state index contributed by atoms with van der Waals surface area (Å²) in [6.45, 7) is 7.48. The number of benzene rings is 1. The van der Waals surface area contributed by atoms with Crippen molar-refractivity contribution < 1.29 is 9.13 Å². The topological polar surface area (TPSA) is 14.2 Å². The molecule has 92 valence electrons. The molecule has 0 atom stereocenters. The van der Waals surface area contributed by atoms with E-state index in [2.05, 4.69) is 18.4 Å². The summed E-state index contributed by atoms with van der Waals surface area (Å²) in [5.74, 6) is -0.193. The molecule has 0 fully saturated rings. The van der Waals surface area contributed by atoms with Gasteiger partial charge in [0.15, 0.2) is 0 Å². The van der Waals surface area contributed by atoms with Gasteiger partial charge in [0.1, 0.15) is 5.82 Å². The summed E-state index contributed by atoms with van der Waals surface area (Å²) >= 11 is 0. The van der Waals surface area contributed by atoms with Crippen molar-refractivity contribution >= 4 is 10.9 Å². The number of hydrogen-bond acceptors (Lipinski definition) is 1. The van der Waals surface area contributed by atoms with Crippen LogP contribution in [0.5, 0.6) is 0 Å². The predicted octanol–water partition coefficient (Wildman–Crippen LogP) is 3.90. The molecule has 0 radical (unpaired) electrons. The summed E-state index contributed by atoms with van der Waals surface area (Å²) in [5, 5.41) is 0.938. The van der Waals surface area contributed by atoms with Crippen molar-refractivity contribution in [3.8, 4) is 0 Å². The quantitative estimate of drug-likeness (QED) is 0.784. The molecule has 2 rings (SSSR count). The van der Waals surface area contributed by atoms with Gasteiger partial charge in [-0.05, 0) is 45.0 Å². The summed E-state index contributed by atoms with van der Waals surface area (Å²) in [4.78, 5) is 0. The standard InChI is InChI=1S/C14H18FNO/c1-4-17-9-13-8-11-7-12(15)5-6-14(11)16(13)10(2)3/h5-8,10H,4,9H2,1-3H3. The highest BCUT2D eigenvalue weighted by Gasteiger charge is 2.11. The molecule has 0 spiro atoms. The Hall–Kier alpha value is -1.35. The van der Waals surface area contributed by atoms with Crippen LogP contribution >= 0.6 is 0 Å². The zero-order valence-corrected chi connectivity index (χ0v) is 10.5. The van der Waals surface area contributed by atoms with Crippen molar-refractivity contribution in [2.75, 3.05) is 6.61 Å². The Bertz CT molecular complexity index is 516. The van der Waals surface area contributed by atoms with E-state index in [4.69, 9.17) is 4.74 Å². The molecular formula is C14H18FNO. The molecule has 3 heteroatoms. The Balaban J connectivity index is 2.53. The first-order chi connectivity index (χ1) is 8.13. The Morgan fingerprint density at radius 2 is 2.06 bits per heavy atom. The molecule has 0 saturated heterocycles. The van der Waals surface area contributed by atoms with E-state index < -0.39 is 0 Å². The minimum Gasteiger partial charge on any atom is -0.376 e. The molecule has 0 aliphatic carbocycles. The lowest BCUT2D eigenvalue weighted by Crippen LogP contribution is -2.06. The van der Waals surface area contributed by atoms with Crippen LogP contribution in [0.2, 0.25) is 0 Å². The van der Waals surface area contributed by atoms with E-state index in [-0.39, 0.29) is 5.82 Å². The average Bonchev–Trinajstić information content (AvgIpc) is 2.63. The summed E-state index contributed by atoms with van der Waals surface area (Å²) in [6.07, 6.45) is 0. The lowest BCUT2D eigenvalue weighted by atomic mass is 10.2. The number of hydrogen-bond donors (Lipinski definition) is 0. The van der Waals surface area contributed by atoms with Gasteiger partial charge in [-0.15, -0.1) is 0 Å². The zero-order chi connectivity index (χ0) is 12.4. The van der Waals surface area contributed by atoms with Crippen LogP contribution in [-0.4, -0.2) is 11.2 Å². The third kappa shape index (κ3) is 2.34. The van der Waals surface area contributed by atoms with Crippen LogP contribution in [0.1, 0.15) is 32.5 Å². The van der Waals surface area contributed by atoms with Crippen LogP contribution in [0.4, 0.5) is 4.39 Å². The second-order valence-electron chi connectivity index (χ2n) is 4.44. The van der Waals surface area contributed by atoms with E-state index in [1.807, 2.05) is 19.1 Å². The third-order valence-electron chi connectivity index (χ3n) is 2.85. The molecule has 0 aliphatic rings. The van der Waals surface area contributed by atoms with Crippen LogP contribution in [0.3, 0.4) is 0 Å². The third-order valence-corrected chi connectivity index (χ3v) is 2.85. The van der Waals surface area contributed by atoms with E-state index in [1.54, 1.807) is 6.07 Å². The molecule has 2 nitrogen and oxygen atoms in total. The average molecular weight is 235 g/mol. The predicted molar refractivity (Wildman–Crippen MR) is 67.6 cm³/mol. The monoisotopic (exact) mass is 235 g/mol. The number of fused-ring (bicyclic) bond motifs is 1. The van der Waals surface area contributed by atoms with Gasteiger partial charge in [-0.25, -0.2) is 4.39 Å². The second-order valence-corrected chi connectivity index (χ2v) is 4.44. The highest BCUT2D eigenvalue weighted by Crippen LogP contribution is 2.25. The normalized spacial score (nSPS) is 11.6. The van der Waals surface area contributed by atoms with Crippen molar-refractivity contribution in [3.63, 3.8) is 0 Å². The first-order valence-electron chi connectivity index (χ1n) is 6.00. The minimum atomic E-state index is -0.193. The van der Waals surface area contributed by atoms with Gasteiger partial charge in [0, 0.05) is 29.2 Å². The first kappa shape index (κ1) is 12.1. The number of aromatic nitrogens is 1. The summed E-state index contributed by atoms with van der Waals surface area (Å²) in [7, 11) is 0. The summed E-state index contributed by atoms with van der Waals surface area (Å²) in [6, 6.07) is 7.26. The Morgan fingerprint density at radius 3 is 2.71 bits per heavy atom. The van der Waals surface area contributed by atoms with Crippen LogP contribution < -0.4 is 0 Å². The molecule has 0 bridgehead atoms. The van der Waals surface area contributed by atoms with E-state index in [0.29, 0.717) is 19.3 Å². The van der Waals surface area contributed by atoms with E-state index in [1.165, 1.54) is 6.07 Å². The molecule has 0 N–H and O–H groups in total. The van der Waals surface area contributed by atoms with Crippen LogP contribution in [0.15, 0.2) is 24.3 Å². The molecule has 0 aliphatic heterocycles. The number of ether oxygens (including phenoxy) is 1. The SMILES string of the molecule is CCOCc1cc2cc(F)ccc2n1C(C)C. The zero-order valence-electron chi connectivity index (χ0n) is 10.5. The van der Waals surface area contributed by atoms with Gasteiger partial charge in [-0.2, -0.15) is 0 Å². The van der Waals surface area contributed by atoms with Gasteiger partial charge in [-0.3, -0.25) is 0 Å². The maximum Gasteiger partial charge on any atom is 0.123 e. The molecular weight excluding hydrogens is 217 g/mol. The molecule has 0 saturated carbocycles. The van der Waals surface area contributed by atoms with Crippen molar-refractivity contribution in [2.45, 2.75) is 33.4 Å². The van der Waals surface area contributed by atoms with Crippen molar-refractivity contribution in [3.05, 3.63) is 35.8 Å². The van der Waals surface area contributed by atoms with E-state index >= 15 is 0 Å². The molecule has 0 amide bonds. The molecule has 1 heterocycles. The Kier molecular flexibility index (Phi) is 3.48. The second kappa shape index (κ2) is 4.88. The molecule has 1 aromatic carbocycles. The maximum absolute atomic E-state index is 13.2. The maximum atomic E-state index is 13.2. The van der Waals surface area contributed by atoms with Crippen LogP contribution in [0, 0.1) is 5.82 Å². The lowest BCUT2D eigenvalue weighted by molar-refractivity contribution is 0.128. The molecule has 0 unspecified atom stereocenters. The Labute approximate surface area is 101 Å². The van der Waals surface area contributed by atoms with Gasteiger partial charge in [0.2, 0.25) is 0 Å². The fourth-order valence-corrected chi connectivity index (χ4v) is 2.19. The largest absolute Gasteiger partial charge is 0.376 e. The van der Waals surface area contributed by atoms with E-state index in [9.17, 15) is 4.39 Å². The molecule has 1 aromatic heterocycles. The molecule has 2 aromatic rings. The van der Waals surface area contributed by atoms with Gasteiger partial charge >= 0.3 is 0 Å². The molecule has 17 heavy (non-hydrogen) atoms. The van der Waals surface area contributed by atoms with Crippen molar-refractivity contribution in [2.24, 2.45) is 0 Å². The number of halogens is 1. The lowest BCUT2D eigenvalue weighted by Gasteiger charge is -2.14. The number of rotatable bonds is 4. The van der Waals surface area contributed by atoms with Gasteiger partial charge in [0.25, 0.3) is 0 Å². The van der Waals surface area contributed by atoms with Gasteiger partial charge in [0.05, 0.1) is 6.61 Å². The highest BCUT2D eigenvalue weighted by atomic mass is 19.1. The fourth-order valence-electron chi connectivity index (χ4n) is 2.19. The highest BCUT2D eigenvalue weighted by molar-refractivity contribution is 5.81. The van der Waals surface area contributed by atoms with Crippen molar-refractivity contribution in [1.29, 1.82) is 0 Å². The fraction of sp³-hybridized carbons (Fsp3) is 0.429. The summed E-state index contributed by atoms with van der Waals surface area (Å²) in [5.41, 5.74) is 2.17. The van der Waals surface area contributed by atoms with Crippen molar-refractivity contribution in [1.82, 2.24) is 4.57 Å². The van der Waals surface area contributed by atoms with Crippen LogP contribution in [-0.2, 0) is 11.3 Å². The minimum absolute atomic E-state index is 0.193. The number of nitrogens with zero attached hydrogens (tertiary/aromatic N) is 1.